The molecule has 18 heavy (non-hydrogen) atoms. The number of benzene rings is 1. The van der Waals surface area contributed by atoms with Crippen molar-refractivity contribution in [2.24, 2.45) is 0 Å². The van der Waals surface area contributed by atoms with Crippen LogP contribution in [0.5, 0.6) is 0 Å². The maximum atomic E-state index is 13.2. The van der Waals surface area contributed by atoms with Crippen LogP contribution in [-0.4, -0.2) is 36.0 Å². The lowest BCUT2D eigenvalue weighted by Crippen LogP contribution is -2.06. The van der Waals surface area contributed by atoms with Gasteiger partial charge in [-0.2, -0.15) is 0 Å². The number of ketones is 1. The molecule has 0 saturated carbocycles. The SMILES string of the molecule is O=C1c2ccc(F)cc2-c2nc3nnnn3nc21. The molecule has 0 bridgehead atoms. The van der Waals surface area contributed by atoms with Gasteiger partial charge in [0.25, 0.3) is 5.78 Å². The van der Waals surface area contributed by atoms with E-state index in [1.165, 1.54) is 18.2 Å². The minimum Gasteiger partial charge on any atom is -0.287 e. The molecule has 0 saturated heterocycles. The van der Waals surface area contributed by atoms with Crippen LogP contribution >= 0.6 is 0 Å². The summed E-state index contributed by atoms with van der Waals surface area (Å²) in [4.78, 5) is 16.2. The monoisotopic (exact) mass is 242 g/mol. The van der Waals surface area contributed by atoms with Crippen LogP contribution < -0.4 is 0 Å². The summed E-state index contributed by atoms with van der Waals surface area (Å²) < 4.78 is 14.3. The van der Waals surface area contributed by atoms with E-state index < -0.39 is 5.82 Å². The predicted octanol–water partition coefficient (Wildman–Crippen LogP) is 0.265. The van der Waals surface area contributed by atoms with Crippen LogP contribution in [0.25, 0.3) is 17.0 Å². The molecular weight excluding hydrogens is 239 g/mol. The second kappa shape index (κ2) is 2.92. The maximum Gasteiger partial charge on any atom is 0.291 e. The molecular formula is C10H3FN6O. The molecule has 0 amide bonds. The Morgan fingerprint density at radius 2 is 2.06 bits per heavy atom. The zero-order valence-corrected chi connectivity index (χ0v) is 8.70. The van der Waals surface area contributed by atoms with Gasteiger partial charge in [0, 0.05) is 11.1 Å². The number of halogens is 1. The predicted molar refractivity (Wildman–Crippen MR) is 55.2 cm³/mol. The Bertz CT molecular complexity index is 826. The number of tetrazole rings is 1. The Labute approximate surface area is 98.3 Å². The highest BCUT2D eigenvalue weighted by Crippen LogP contribution is 2.33. The molecule has 4 rings (SSSR count). The van der Waals surface area contributed by atoms with E-state index in [-0.39, 0.29) is 17.3 Å². The van der Waals surface area contributed by atoms with Gasteiger partial charge >= 0.3 is 0 Å². The lowest BCUT2D eigenvalue weighted by molar-refractivity contribution is 0.103. The van der Waals surface area contributed by atoms with Crippen LogP contribution in [0.2, 0.25) is 0 Å². The van der Waals surface area contributed by atoms with E-state index in [1.54, 1.807) is 0 Å². The van der Waals surface area contributed by atoms with Crippen LogP contribution in [0.4, 0.5) is 4.39 Å². The second-order valence-corrected chi connectivity index (χ2v) is 3.80. The first-order chi connectivity index (χ1) is 8.74. The van der Waals surface area contributed by atoms with Gasteiger partial charge < -0.3 is 0 Å². The van der Waals surface area contributed by atoms with Crippen molar-refractivity contribution in [2.45, 2.75) is 0 Å². The highest BCUT2D eigenvalue weighted by molar-refractivity contribution is 6.19. The Hall–Kier alpha value is -2.77. The highest BCUT2D eigenvalue weighted by Gasteiger charge is 2.31. The van der Waals surface area contributed by atoms with Gasteiger partial charge in [-0.15, -0.1) is 5.10 Å². The van der Waals surface area contributed by atoms with Gasteiger partial charge in [-0.05, 0) is 28.6 Å². The molecule has 8 heteroatoms. The molecule has 2 heterocycles. The summed E-state index contributed by atoms with van der Waals surface area (Å²) in [6.07, 6.45) is 0. The average molecular weight is 242 g/mol. The van der Waals surface area contributed by atoms with Crippen molar-refractivity contribution in [2.75, 3.05) is 0 Å². The summed E-state index contributed by atoms with van der Waals surface area (Å²) >= 11 is 0. The Balaban J connectivity index is 2.13. The Morgan fingerprint density at radius 3 is 2.94 bits per heavy atom. The first-order valence-corrected chi connectivity index (χ1v) is 5.05. The fourth-order valence-corrected chi connectivity index (χ4v) is 1.98. The molecule has 1 aromatic carbocycles. The lowest BCUT2D eigenvalue weighted by atomic mass is 10.1. The van der Waals surface area contributed by atoms with E-state index in [9.17, 15) is 9.18 Å². The molecule has 0 unspecified atom stereocenters. The molecule has 0 spiro atoms. The van der Waals surface area contributed by atoms with Crippen molar-refractivity contribution >= 4 is 11.6 Å². The molecule has 0 radical (unpaired) electrons. The van der Waals surface area contributed by atoms with Crippen molar-refractivity contribution in [3.63, 3.8) is 0 Å². The van der Waals surface area contributed by atoms with Crippen LogP contribution in [-0.2, 0) is 0 Å². The molecule has 0 N–H and O–H groups in total. The highest BCUT2D eigenvalue weighted by atomic mass is 19.1. The second-order valence-electron chi connectivity index (χ2n) is 3.80. The van der Waals surface area contributed by atoms with Gasteiger partial charge in [-0.25, -0.2) is 9.37 Å². The quantitative estimate of drug-likeness (QED) is 0.439. The third-order valence-electron chi connectivity index (χ3n) is 2.77. The standard InChI is InChI=1S/C10H3FN6O/c11-4-1-2-5-6(3-4)7-8(9(5)18)14-17-10(12-7)13-15-16-17/h1-3H. The normalized spacial score (nSPS) is 12.8. The van der Waals surface area contributed by atoms with Crippen molar-refractivity contribution in [3.8, 4) is 11.3 Å². The average Bonchev–Trinajstić information content (AvgIpc) is 2.92. The van der Waals surface area contributed by atoms with E-state index in [0.29, 0.717) is 16.8 Å². The molecule has 0 aliphatic heterocycles. The van der Waals surface area contributed by atoms with Crippen molar-refractivity contribution in [1.29, 1.82) is 0 Å². The fraction of sp³-hybridized carbons (Fsp3) is 0. The smallest absolute Gasteiger partial charge is 0.287 e. The zero-order valence-electron chi connectivity index (χ0n) is 8.70. The minimum absolute atomic E-state index is 0.135. The number of carbonyl (C=O) groups is 1. The molecule has 1 aliphatic carbocycles. The van der Waals surface area contributed by atoms with E-state index in [0.717, 1.165) is 4.63 Å². The molecule has 2 aromatic heterocycles. The van der Waals surface area contributed by atoms with Gasteiger partial charge in [0.2, 0.25) is 5.78 Å². The Morgan fingerprint density at radius 1 is 1.17 bits per heavy atom. The van der Waals surface area contributed by atoms with Crippen molar-refractivity contribution < 1.29 is 9.18 Å². The van der Waals surface area contributed by atoms with Crippen molar-refractivity contribution in [1.82, 2.24) is 30.2 Å². The van der Waals surface area contributed by atoms with Crippen molar-refractivity contribution in [3.05, 3.63) is 35.3 Å². The molecule has 0 fully saturated rings. The topological polar surface area (TPSA) is 85.9 Å². The van der Waals surface area contributed by atoms with Gasteiger partial charge in [0.05, 0.1) is 0 Å². The van der Waals surface area contributed by atoms with Crippen LogP contribution in [0.1, 0.15) is 16.1 Å². The van der Waals surface area contributed by atoms with Crippen LogP contribution in [0.15, 0.2) is 18.2 Å². The zero-order chi connectivity index (χ0) is 12.3. The van der Waals surface area contributed by atoms with Gasteiger partial charge in [-0.1, -0.05) is 9.73 Å². The number of carbonyl (C=O) groups excluding carboxylic acids is 1. The first kappa shape index (κ1) is 9.28. The molecule has 0 atom stereocenters. The molecule has 86 valence electrons. The summed E-state index contributed by atoms with van der Waals surface area (Å²) in [5.74, 6) is -0.570. The number of rotatable bonds is 0. The number of nitrogens with zero attached hydrogens (tertiary/aromatic N) is 6. The van der Waals surface area contributed by atoms with Gasteiger partial charge in [-0.3, -0.25) is 4.79 Å². The number of hydrogen-bond donors (Lipinski definition) is 0. The number of fused-ring (bicyclic) bond motifs is 4. The summed E-state index contributed by atoms with van der Waals surface area (Å²) in [6, 6.07) is 3.91. The molecule has 1 aliphatic rings. The summed E-state index contributed by atoms with van der Waals surface area (Å²) in [7, 11) is 0. The van der Waals surface area contributed by atoms with Gasteiger partial charge in [0.15, 0.2) is 5.69 Å². The third kappa shape index (κ3) is 1.01. The number of aromatic nitrogens is 6. The first-order valence-electron chi connectivity index (χ1n) is 5.05. The summed E-state index contributed by atoms with van der Waals surface area (Å²) in [6.45, 7) is 0. The summed E-state index contributed by atoms with van der Waals surface area (Å²) in [5.41, 5.74) is 1.26. The van der Waals surface area contributed by atoms with Crippen LogP contribution in [0.3, 0.4) is 0 Å². The lowest BCUT2D eigenvalue weighted by Gasteiger charge is -1.97. The summed E-state index contributed by atoms with van der Waals surface area (Å²) in [5, 5.41) is 14.6. The maximum absolute atomic E-state index is 13.2. The van der Waals surface area contributed by atoms with E-state index in [1.807, 2.05) is 0 Å². The van der Waals surface area contributed by atoms with E-state index >= 15 is 0 Å². The fourth-order valence-electron chi connectivity index (χ4n) is 1.98. The van der Waals surface area contributed by atoms with Crippen LogP contribution in [0, 0.1) is 5.82 Å². The largest absolute Gasteiger partial charge is 0.291 e. The third-order valence-corrected chi connectivity index (χ3v) is 2.77. The minimum atomic E-state index is -0.435. The molecule has 3 aromatic rings. The van der Waals surface area contributed by atoms with E-state index in [2.05, 4.69) is 25.6 Å². The Kier molecular flexibility index (Phi) is 1.50. The van der Waals surface area contributed by atoms with E-state index in [4.69, 9.17) is 0 Å². The number of hydrogen-bond acceptors (Lipinski definition) is 6. The van der Waals surface area contributed by atoms with Gasteiger partial charge in [0.1, 0.15) is 11.5 Å². The molecule has 7 nitrogen and oxygen atoms in total.